The Labute approximate surface area is 121 Å². The number of carbonyl (C=O) groups is 1. The van der Waals surface area contributed by atoms with Gasteiger partial charge in [-0.25, -0.2) is 0 Å². The lowest BCUT2D eigenvalue weighted by atomic mass is 9.86. The summed E-state index contributed by atoms with van der Waals surface area (Å²) >= 11 is 0. The predicted molar refractivity (Wildman–Crippen MR) is 80.4 cm³/mol. The van der Waals surface area contributed by atoms with E-state index in [-0.39, 0.29) is 18.0 Å². The van der Waals surface area contributed by atoms with E-state index in [1.165, 1.54) is 24.0 Å². The first kappa shape index (κ1) is 13.6. The molecule has 2 unspecified atom stereocenters. The Morgan fingerprint density at radius 1 is 1.20 bits per heavy atom. The SMILES string of the molecule is CCCN1C(=O)CCC(N)C1c1ccccc1C1CC1. The van der Waals surface area contributed by atoms with Gasteiger partial charge in [0.2, 0.25) is 5.91 Å². The molecule has 3 nitrogen and oxygen atoms in total. The first-order valence-electron chi connectivity index (χ1n) is 7.86. The summed E-state index contributed by atoms with van der Waals surface area (Å²) in [6.07, 6.45) is 4.95. The van der Waals surface area contributed by atoms with Crippen LogP contribution < -0.4 is 5.73 Å². The molecular formula is C17H24N2O. The second kappa shape index (κ2) is 5.57. The molecule has 1 saturated heterocycles. The van der Waals surface area contributed by atoms with Crippen molar-refractivity contribution in [2.45, 2.75) is 57.0 Å². The van der Waals surface area contributed by atoms with Gasteiger partial charge >= 0.3 is 0 Å². The van der Waals surface area contributed by atoms with E-state index in [0.717, 1.165) is 19.4 Å². The summed E-state index contributed by atoms with van der Waals surface area (Å²) < 4.78 is 0. The quantitative estimate of drug-likeness (QED) is 0.916. The van der Waals surface area contributed by atoms with Crippen molar-refractivity contribution in [2.75, 3.05) is 6.54 Å². The fourth-order valence-electron chi connectivity index (χ4n) is 3.43. The highest BCUT2D eigenvalue weighted by atomic mass is 16.2. The minimum atomic E-state index is 0.0687. The van der Waals surface area contributed by atoms with Crippen LogP contribution in [0.1, 0.15) is 62.1 Å². The number of amides is 1. The number of likely N-dealkylation sites (tertiary alicyclic amines) is 1. The third-order valence-corrected chi connectivity index (χ3v) is 4.55. The molecule has 1 aromatic carbocycles. The minimum Gasteiger partial charge on any atom is -0.334 e. The largest absolute Gasteiger partial charge is 0.334 e. The zero-order valence-corrected chi connectivity index (χ0v) is 12.2. The molecule has 20 heavy (non-hydrogen) atoms. The van der Waals surface area contributed by atoms with Crippen molar-refractivity contribution >= 4 is 5.91 Å². The van der Waals surface area contributed by atoms with Gasteiger partial charge in [-0.1, -0.05) is 31.2 Å². The number of piperidine rings is 1. The van der Waals surface area contributed by atoms with Crippen LogP contribution in [0.15, 0.2) is 24.3 Å². The third kappa shape index (κ3) is 2.47. The number of nitrogens with zero attached hydrogens (tertiary/aromatic N) is 1. The van der Waals surface area contributed by atoms with E-state index in [1.807, 2.05) is 4.90 Å². The minimum absolute atomic E-state index is 0.0687. The van der Waals surface area contributed by atoms with Gasteiger partial charge in [0, 0.05) is 19.0 Å². The Balaban J connectivity index is 1.98. The molecule has 108 valence electrons. The maximum Gasteiger partial charge on any atom is 0.223 e. The number of nitrogens with two attached hydrogens (primary N) is 1. The molecule has 0 aromatic heterocycles. The molecule has 1 heterocycles. The van der Waals surface area contributed by atoms with Gasteiger partial charge in [0.25, 0.3) is 0 Å². The van der Waals surface area contributed by atoms with Crippen LogP contribution in [0, 0.1) is 0 Å². The summed E-state index contributed by atoms with van der Waals surface area (Å²) in [5.41, 5.74) is 9.10. The molecule has 0 radical (unpaired) electrons. The molecule has 2 atom stereocenters. The molecule has 1 aliphatic carbocycles. The highest BCUT2D eigenvalue weighted by molar-refractivity contribution is 5.78. The zero-order valence-electron chi connectivity index (χ0n) is 12.2. The Kier molecular flexibility index (Phi) is 3.79. The zero-order chi connectivity index (χ0) is 14.1. The number of benzene rings is 1. The van der Waals surface area contributed by atoms with Crippen LogP contribution in [0.25, 0.3) is 0 Å². The summed E-state index contributed by atoms with van der Waals surface area (Å²) in [7, 11) is 0. The van der Waals surface area contributed by atoms with Gasteiger partial charge in [-0.2, -0.15) is 0 Å². The highest BCUT2D eigenvalue weighted by Crippen LogP contribution is 2.45. The number of hydrogen-bond donors (Lipinski definition) is 1. The first-order valence-corrected chi connectivity index (χ1v) is 7.86. The Morgan fingerprint density at radius 3 is 2.55 bits per heavy atom. The van der Waals surface area contributed by atoms with Crippen molar-refractivity contribution in [1.29, 1.82) is 0 Å². The topological polar surface area (TPSA) is 46.3 Å². The van der Waals surface area contributed by atoms with Crippen molar-refractivity contribution in [3.8, 4) is 0 Å². The fourth-order valence-corrected chi connectivity index (χ4v) is 3.43. The van der Waals surface area contributed by atoms with E-state index < -0.39 is 0 Å². The van der Waals surface area contributed by atoms with Gasteiger partial charge in [0.05, 0.1) is 6.04 Å². The van der Waals surface area contributed by atoms with Crippen LogP contribution in [0.5, 0.6) is 0 Å². The Hall–Kier alpha value is -1.35. The molecular weight excluding hydrogens is 248 g/mol. The Bertz CT molecular complexity index is 496. The average molecular weight is 272 g/mol. The summed E-state index contributed by atoms with van der Waals surface area (Å²) in [4.78, 5) is 14.3. The monoisotopic (exact) mass is 272 g/mol. The number of carbonyl (C=O) groups excluding carboxylic acids is 1. The predicted octanol–water partition coefficient (Wildman–Crippen LogP) is 2.96. The van der Waals surface area contributed by atoms with Crippen molar-refractivity contribution in [2.24, 2.45) is 5.73 Å². The third-order valence-electron chi connectivity index (χ3n) is 4.55. The van der Waals surface area contributed by atoms with Gasteiger partial charge in [-0.15, -0.1) is 0 Å². The Morgan fingerprint density at radius 2 is 1.90 bits per heavy atom. The van der Waals surface area contributed by atoms with Crippen molar-refractivity contribution < 1.29 is 4.79 Å². The molecule has 2 aliphatic rings. The van der Waals surface area contributed by atoms with Gasteiger partial charge in [0.15, 0.2) is 0 Å². The molecule has 1 aliphatic heterocycles. The molecule has 0 bridgehead atoms. The normalized spacial score (nSPS) is 26.9. The van der Waals surface area contributed by atoms with Crippen LogP contribution in [0.3, 0.4) is 0 Å². The molecule has 0 spiro atoms. The lowest BCUT2D eigenvalue weighted by Gasteiger charge is -2.40. The first-order chi connectivity index (χ1) is 9.72. The summed E-state index contributed by atoms with van der Waals surface area (Å²) in [5.74, 6) is 0.961. The van der Waals surface area contributed by atoms with Gasteiger partial charge in [-0.05, 0) is 42.7 Å². The molecule has 1 aromatic rings. The summed E-state index contributed by atoms with van der Waals surface area (Å²) in [6, 6.07) is 8.74. The van der Waals surface area contributed by atoms with Crippen LogP contribution in [0.4, 0.5) is 0 Å². The summed E-state index contributed by atoms with van der Waals surface area (Å²) in [6.45, 7) is 2.94. The van der Waals surface area contributed by atoms with E-state index in [9.17, 15) is 4.79 Å². The van der Waals surface area contributed by atoms with Crippen LogP contribution >= 0.6 is 0 Å². The number of rotatable bonds is 4. The van der Waals surface area contributed by atoms with E-state index in [2.05, 4.69) is 31.2 Å². The lowest BCUT2D eigenvalue weighted by Crippen LogP contribution is -2.49. The van der Waals surface area contributed by atoms with E-state index in [1.54, 1.807) is 0 Å². The number of hydrogen-bond acceptors (Lipinski definition) is 2. The van der Waals surface area contributed by atoms with Crippen molar-refractivity contribution in [1.82, 2.24) is 4.90 Å². The molecule has 2 N–H and O–H groups in total. The van der Waals surface area contributed by atoms with Crippen molar-refractivity contribution in [3.05, 3.63) is 35.4 Å². The van der Waals surface area contributed by atoms with E-state index in [0.29, 0.717) is 12.3 Å². The second-order valence-electron chi connectivity index (χ2n) is 6.14. The molecule has 1 amide bonds. The highest BCUT2D eigenvalue weighted by Gasteiger charge is 2.37. The van der Waals surface area contributed by atoms with Gasteiger partial charge in [-0.3, -0.25) is 4.79 Å². The van der Waals surface area contributed by atoms with E-state index in [4.69, 9.17) is 5.73 Å². The fraction of sp³-hybridized carbons (Fsp3) is 0.588. The second-order valence-corrected chi connectivity index (χ2v) is 6.14. The molecule has 3 rings (SSSR count). The van der Waals surface area contributed by atoms with E-state index >= 15 is 0 Å². The van der Waals surface area contributed by atoms with Crippen LogP contribution in [-0.2, 0) is 4.79 Å². The van der Waals surface area contributed by atoms with Gasteiger partial charge in [0.1, 0.15) is 0 Å². The van der Waals surface area contributed by atoms with Crippen LogP contribution in [0.2, 0.25) is 0 Å². The summed E-state index contributed by atoms with van der Waals surface area (Å²) in [5, 5.41) is 0. The maximum atomic E-state index is 12.3. The maximum absolute atomic E-state index is 12.3. The van der Waals surface area contributed by atoms with Crippen LogP contribution in [-0.4, -0.2) is 23.4 Å². The molecule has 1 saturated carbocycles. The smallest absolute Gasteiger partial charge is 0.223 e. The standard InChI is InChI=1S/C17H24N2O/c1-2-11-19-16(20)10-9-15(18)17(19)14-6-4-3-5-13(14)12-7-8-12/h3-6,12,15,17H,2,7-11,18H2,1H3. The molecule has 2 fully saturated rings. The lowest BCUT2D eigenvalue weighted by molar-refractivity contribution is -0.137. The van der Waals surface area contributed by atoms with Crippen molar-refractivity contribution in [3.63, 3.8) is 0 Å². The molecule has 3 heteroatoms. The average Bonchev–Trinajstić information content (AvgIpc) is 3.28. The van der Waals surface area contributed by atoms with Gasteiger partial charge < -0.3 is 10.6 Å².